The van der Waals surface area contributed by atoms with E-state index in [0.29, 0.717) is 24.1 Å². The molecule has 0 radical (unpaired) electrons. The van der Waals surface area contributed by atoms with Gasteiger partial charge in [-0.05, 0) is 25.8 Å². The number of anilines is 1. The summed E-state index contributed by atoms with van der Waals surface area (Å²) in [6, 6.07) is 4.48. The lowest BCUT2D eigenvalue weighted by Crippen LogP contribution is -2.44. The van der Waals surface area contributed by atoms with Crippen molar-refractivity contribution in [3.05, 3.63) is 33.9 Å². The smallest absolute Gasteiger partial charge is 0.276 e. The molecule has 9 nitrogen and oxygen atoms in total. The van der Waals surface area contributed by atoms with Crippen LogP contribution in [0.1, 0.15) is 18.4 Å². The summed E-state index contributed by atoms with van der Waals surface area (Å²) in [5.41, 5.74) is 0.794. The number of rotatable bonds is 4. The summed E-state index contributed by atoms with van der Waals surface area (Å²) in [5.74, 6) is -0.634. The van der Waals surface area contributed by atoms with Crippen LogP contribution in [0.5, 0.6) is 0 Å². The van der Waals surface area contributed by atoms with Crippen LogP contribution in [0.3, 0.4) is 0 Å². The zero-order chi connectivity index (χ0) is 17.2. The number of amides is 1. The first-order valence-corrected chi connectivity index (χ1v) is 8.52. The van der Waals surface area contributed by atoms with E-state index in [1.165, 1.54) is 6.07 Å². The normalized spacial score (nSPS) is 17.0. The summed E-state index contributed by atoms with van der Waals surface area (Å²) in [4.78, 5) is 22.6. The average Bonchev–Trinajstić information content (AvgIpc) is 2.48. The Kier molecular flexibility index (Phi) is 4.97. The molecule has 0 atom stereocenters. The van der Waals surface area contributed by atoms with Crippen molar-refractivity contribution in [3.63, 3.8) is 0 Å². The second kappa shape index (κ2) is 6.60. The zero-order valence-electron chi connectivity index (χ0n) is 12.6. The largest absolute Gasteiger partial charge is 0.326 e. The van der Waals surface area contributed by atoms with Gasteiger partial charge in [0, 0.05) is 36.3 Å². The predicted molar refractivity (Wildman–Crippen MR) is 83.9 cm³/mol. The van der Waals surface area contributed by atoms with E-state index in [4.69, 9.17) is 5.14 Å². The number of nitrogens with zero attached hydrogens (tertiary/aromatic N) is 2. The van der Waals surface area contributed by atoms with Gasteiger partial charge in [-0.25, -0.2) is 5.14 Å². The molecule has 1 fully saturated rings. The number of benzene rings is 1. The minimum atomic E-state index is -3.73. The van der Waals surface area contributed by atoms with Gasteiger partial charge in [0.25, 0.3) is 15.9 Å². The van der Waals surface area contributed by atoms with Crippen LogP contribution in [0.2, 0.25) is 0 Å². The molecule has 2 rings (SSSR count). The van der Waals surface area contributed by atoms with Gasteiger partial charge in [-0.3, -0.25) is 14.9 Å². The lowest BCUT2D eigenvalue weighted by atomic mass is 9.97. The number of hydrogen-bond donors (Lipinski definition) is 2. The highest BCUT2D eigenvalue weighted by molar-refractivity contribution is 7.86. The highest BCUT2D eigenvalue weighted by Crippen LogP contribution is 2.24. The van der Waals surface area contributed by atoms with Gasteiger partial charge in [-0.15, -0.1) is 0 Å². The van der Waals surface area contributed by atoms with Gasteiger partial charge in [-0.2, -0.15) is 12.7 Å². The number of nitrogens with two attached hydrogens (primary N) is 1. The molecule has 0 aliphatic carbocycles. The van der Waals surface area contributed by atoms with Crippen molar-refractivity contribution < 1.29 is 18.1 Å². The molecule has 1 heterocycles. The van der Waals surface area contributed by atoms with Gasteiger partial charge in [0.05, 0.1) is 4.92 Å². The third kappa shape index (κ3) is 4.24. The van der Waals surface area contributed by atoms with Crippen LogP contribution < -0.4 is 10.5 Å². The van der Waals surface area contributed by atoms with Crippen LogP contribution >= 0.6 is 0 Å². The third-order valence-corrected chi connectivity index (χ3v) is 4.94. The van der Waals surface area contributed by atoms with Crippen LogP contribution in [0.15, 0.2) is 18.2 Å². The lowest BCUT2D eigenvalue weighted by molar-refractivity contribution is -0.385. The Labute approximate surface area is 133 Å². The SMILES string of the molecule is Cc1ccc(NC(=O)C2CCN(S(N)(=O)=O)CC2)cc1[N+](=O)[O-]. The molecule has 0 spiro atoms. The Balaban J connectivity index is 2.01. The van der Waals surface area contributed by atoms with Gasteiger partial charge >= 0.3 is 0 Å². The van der Waals surface area contributed by atoms with Gasteiger partial charge in [0.2, 0.25) is 5.91 Å². The molecule has 0 bridgehead atoms. The summed E-state index contributed by atoms with van der Waals surface area (Å²) in [7, 11) is -3.73. The van der Waals surface area contributed by atoms with Crippen molar-refractivity contribution in [1.82, 2.24) is 4.31 Å². The molecule has 1 aromatic rings. The van der Waals surface area contributed by atoms with Gasteiger partial charge < -0.3 is 5.32 Å². The van der Waals surface area contributed by atoms with Crippen LogP contribution in [0.25, 0.3) is 0 Å². The number of nitrogens with one attached hydrogen (secondary N) is 1. The number of carbonyl (C=O) groups excluding carboxylic acids is 1. The Morgan fingerprint density at radius 3 is 2.52 bits per heavy atom. The minimum absolute atomic E-state index is 0.0631. The molecule has 1 aliphatic rings. The number of nitro benzene ring substituents is 1. The Bertz CT molecular complexity index is 726. The van der Waals surface area contributed by atoms with E-state index in [1.54, 1.807) is 19.1 Å². The molecule has 1 aliphatic heterocycles. The molecule has 10 heteroatoms. The summed E-state index contributed by atoms with van der Waals surface area (Å²) in [5, 5.41) is 18.6. The second-order valence-electron chi connectivity index (χ2n) is 5.47. The van der Waals surface area contributed by atoms with Crippen molar-refractivity contribution in [2.75, 3.05) is 18.4 Å². The molecule has 0 unspecified atom stereocenters. The first-order chi connectivity index (χ1) is 10.7. The maximum Gasteiger partial charge on any atom is 0.276 e. The molecular weight excluding hydrogens is 324 g/mol. The van der Waals surface area contributed by atoms with Crippen molar-refractivity contribution in [2.24, 2.45) is 11.1 Å². The monoisotopic (exact) mass is 342 g/mol. The van der Waals surface area contributed by atoms with Gasteiger partial charge in [-0.1, -0.05) is 6.07 Å². The maximum atomic E-state index is 12.2. The van der Waals surface area contributed by atoms with Gasteiger partial charge in [0.15, 0.2) is 0 Å². The van der Waals surface area contributed by atoms with Crippen LogP contribution in [0.4, 0.5) is 11.4 Å². The lowest BCUT2D eigenvalue weighted by Gasteiger charge is -2.29. The number of hydrogen-bond acceptors (Lipinski definition) is 5. The molecule has 0 saturated carbocycles. The predicted octanol–water partition coefficient (Wildman–Crippen LogP) is 0.757. The molecule has 23 heavy (non-hydrogen) atoms. The van der Waals surface area contributed by atoms with E-state index in [2.05, 4.69) is 5.32 Å². The summed E-state index contributed by atoms with van der Waals surface area (Å²) in [6.07, 6.45) is 0.715. The highest BCUT2D eigenvalue weighted by Gasteiger charge is 2.29. The van der Waals surface area contributed by atoms with Crippen molar-refractivity contribution >= 4 is 27.5 Å². The van der Waals surface area contributed by atoms with E-state index in [9.17, 15) is 23.3 Å². The standard InChI is InChI=1S/C13H18N4O5S/c1-9-2-3-11(8-12(9)17(19)20)15-13(18)10-4-6-16(7-5-10)23(14,21)22/h2-3,8,10H,4-7H2,1H3,(H,15,18)(H2,14,21,22). The minimum Gasteiger partial charge on any atom is -0.326 e. The van der Waals surface area contributed by atoms with Crippen LogP contribution in [0, 0.1) is 23.0 Å². The Morgan fingerprint density at radius 1 is 1.39 bits per heavy atom. The summed E-state index contributed by atoms with van der Waals surface area (Å²) < 4.78 is 23.6. The fourth-order valence-electron chi connectivity index (χ4n) is 2.50. The maximum absolute atomic E-state index is 12.2. The van der Waals surface area contributed by atoms with Crippen molar-refractivity contribution in [1.29, 1.82) is 0 Å². The zero-order valence-corrected chi connectivity index (χ0v) is 13.4. The van der Waals surface area contributed by atoms with E-state index in [-0.39, 0.29) is 30.6 Å². The fraction of sp³-hybridized carbons (Fsp3) is 0.462. The topological polar surface area (TPSA) is 136 Å². The molecule has 126 valence electrons. The molecule has 3 N–H and O–H groups in total. The number of piperidine rings is 1. The third-order valence-electron chi connectivity index (χ3n) is 3.86. The summed E-state index contributed by atoms with van der Waals surface area (Å²) >= 11 is 0. The van der Waals surface area contributed by atoms with Crippen molar-refractivity contribution in [3.8, 4) is 0 Å². The molecular formula is C13H18N4O5S. The van der Waals surface area contributed by atoms with E-state index in [1.807, 2.05) is 0 Å². The first-order valence-electron chi connectivity index (χ1n) is 7.02. The molecule has 1 saturated heterocycles. The van der Waals surface area contributed by atoms with E-state index < -0.39 is 15.1 Å². The quantitative estimate of drug-likeness (QED) is 0.615. The summed E-state index contributed by atoms with van der Waals surface area (Å²) in [6.45, 7) is 1.99. The molecule has 0 aromatic heterocycles. The first kappa shape index (κ1) is 17.3. The average molecular weight is 342 g/mol. The highest BCUT2D eigenvalue weighted by atomic mass is 32.2. The molecule has 1 aromatic carbocycles. The Hall–Kier alpha value is -2.04. The number of carbonyl (C=O) groups is 1. The van der Waals surface area contributed by atoms with Crippen LogP contribution in [-0.2, 0) is 15.0 Å². The van der Waals surface area contributed by atoms with E-state index >= 15 is 0 Å². The Morgan fingerprint density at radius 2 is 2.00 bits per heavy atom. The van der Waals surface area contributed by atoms with E-state index in [0.717, 1.165) is 4.31 Å². The van der Waals surface area contributed by atoms with Gasteiger partial charge in [0.1, 0.15) is 0 Å². The number of aryl methyl sites for hydroxylation is 1. The fourth-order valence-corrected chi connectivity index (χ4v) is 3.22. The second-order valence-corrected chi connectivity index (χ2v) is 7.01. The molecule has 1 amide bonds. The van der Waals surface area contributed by atoms with Crippen LogP contribution in [-0.4, -0.2) is 36.6 Å². The van der Waals surface area contributed by atoms with Crippen molar-refractivity contribution in [2.45, 2.75) is 19.8 Å². The number of nitro groups is 1.